The first-order valence-electron chi connectivity index (χ1n) is 19.6. The number of hydrogen-bond donors (Lipinski definition) is 3. The van der Waals surface area contributed by atoms with E-state index in [4.69, 9.17) is 49.5 Å². The van der Waals surface area contributed by atoms with Crippen LogP contribution in [0.1, 0.15) is 76.0 Å². The van der Waals surface area contributed by atoms with Crippen LogP contribution >= 0.6 is 24.6 Å². The molecule has 1 aliphatic rings. The predicted molar refractivity (Wildman–Crippen MR) is 245 cm³/mol. The molecule has 0 saturated carbocycles. The van der Waals surface area contributed by atoms with Gasteiger partial charge in [0.05, 0.1) is 0 Å². The molecule has 0 spiro atoms. The normalized spacial score (nSPS) is 16.6. The van der Waals surface area contributed by atoms with Crippen LogP contribution in [0.25, 0.3) is 0 Å². The lowest BCUT2D eigenvalue weighted by Crippen LogP contribution is -2.37. The molecule has 1 aliphatic heterocycles. The summed E-state index contributed by atoms with van der Waals surface area (Å²) in [6, 6.07) is 44.8. The molecule has 6 aromatic rings. The largest absolute Gasteiger partial charge is 0.447 e. The zero-order chi connectivity index (χ0) is 42.4. The smallest absolute Gasteiger partial charge is 0.440 e. The molecule has 0 aliphatic carbocycles. The van der Waals surface area contributed by atoms with Crippen LogP contribution in [0.5, 0.6) is 34.5 Å². The Labute approximate surface area is 355 Å². The van der Waals surface area contributed by atoms with Crippen molar-refractivity contribution >= 4 is 41.6 Å². The van der Waals surface area contributed by atoms with Crippen molar-refractivity contribution in [2.24, 2.45) is 4.52 Å². The quantitative estimate of drug-likeness (QED) is 0.0668. The van der Waals surface area contributed by atoms with E-state index in [0.717, 1.165) is 16.7 Å². The molecule has 6 aromatic carbocycles. The highest BCUT2D eigenvalue weighted by Gasteiger charge is 2.58. The SMILES string of the molecule is CC(C)c1ccc(OP2N=P(Oc3ccc(C(C)C)cc3)(Oc3ccc(C(C)C)cc3)N(Oc3ccc(N)cc3)P(Oc3ccc(N)cc3)N2Oc2ccc(N)cc2)cc1. The molecule has 0 aromatic heterocycles. The lowest BCUT2D eigenvalue weighted by molar-refractivity contribution is 0.0546. The molecule has 0 saturated heterocycles. The van der Waals surface area contributed by atoms with E-state index in [1.165, 1.54) is 4.60 Å². The molecule has 0 radical (unpaired) electrons. The van der Waals surface area contributed by atoms with E-state index < -0.39 is 24.6 Å². The third-order valence-electron chi connectivity index (χ3n) is 9.32. The van der Waals surface area contributed by atoms with Gasteiger partial charge < -0.3 is 45.0 Å². The van der Waals surface area contributed by atoms with E-state index in [1.54, 1.807) is 77.4 Å². The highest BCUT2D eigenvalue weighted by molar-refractivity contribution is 7.78. The fourth-order valence-corrected chi connectivity index (χ4v) is 13.3. The van der Waals surface area contributed by atoms with E-state index in [1.807, 2.05) is 72.8 Å². The molecule has 2 unspecified atom stereocenters. The molecule has 15 heteroatoms. The molecule has 1 heterocycles. The first kappa shape index (κ1) is 42.6. The number of nitrogens with zero attached hydrogens (tertiary/aromatic N) is 3. The van der Waals surface area contributed by atoms with Gasteiger partial charge in [-0.1, -0.05) is 77.9 Å². The van der Waals surface area contributed by atoms with Crippen molar-refractivity contribution in [2.75, 3.05) is 17.2 Å². The summed E-state index contributed by atoms with van der Waals surface area (Å²) in [6.45, 7) is 12.9. The molecule has 60 heavy (non-hydrogen) atoms. The minimum atomic E-state index is -3.92. The van der Waals surface area contributed by atoms with Crippen molar-refractivity contribution in [3.8, 4) is 34.5 Å². The number of anilines is 3. The maximum Gasteiger partial charge on any atom is 0.447 e. The fourth-order valence-electron chi connectivity index (χ4n) is 5.78. The average molecular weight is 865 g/mol. The van der Waals surface area contributed by atoms with Crippen LogP contribution in [0.2, 0.25) is 0 Å². The van der Waals surface area contributed by atoms with E-state index in [0.29, 0.717) is 69.3 Å². The first-order chi connectivity index (χ1) is 28.8. The van der Waals surface area contributed by atoms with Gasteiger partial charge in [0, 0.05) is 26.3 Å². The zero-order valence-corrected chi connectivity index (χ0v) is 37.1. The van der Waals surface area contributed by atoms with Crippen molar-refractivity contribution in [3.63, 3.8) is 0 Å². The predicted octanol–water partition coefficient (Wildman–Crippen LogP) is 13.4. The standard InChI is InChI=1S/C45H51N6O6P3/c1-31(2)34-7-19-42(20-8-34)54-58-49-60(56-44-21-9-35(10-22-44)32(3)4,57-45-23-11-36(12-24-45)33(5)6)51(53-41-27-15-38(47)16-28-41)59(55-43-29-17-39(48)18-30-43)50(58)52-40-25-13-37(46)14-26-40/h7-33H,46-48H2,1-6H3. The van der Waals surface area contributed by atoms with Gasteiger partial charge in [-0.15, -0.1) is 4.52 Å². The van der Waals surface area contributed by atoms with Crippen molar-refractivity contribution in [2.45, 2.75) is 59.3 Å². The summed E-state index contributed by atoms with van der Waals surface area (Å²) >= 11 is 0. The van der Waals surface area contributed by atoms with Gasteiger partial charge in [0.2, 0.25) is 0 Å². The summed E-state index contributed by atoms with van der Waals surface area (Å²) in [7, 11) is -8.40. The Hall–Kier alpha value is -5.47. The number of benzene rings is 6. The number of nitrogens with two attached hydrogens (primary N) is 3. The minimum absolute atomic E-state index is 0.298. The molecule has 0 fully saturated rings. The Kier molecular flexibility index (Phi) is 13.4. The highest BCUT2D eigenvalue weighted by Crippen LogP contribution is 2.77. The first-order valence-corrected chi connectivity index (χ1v) is 23.5. The Morgan fingerprint density at radius 2 is 0.767 bits per heavy atom. The van der Waals surface area contributed by atoms with E-state index in [-0.39, 0.29) is 0 Å². The Morgan fingerprint density at radius 1 is 0.433 bits per heavy atom. The summed E-state index contributed by atoms with van der Waals surface area (Å²) < 4.78 is 36.7. The second-order valence-electron chi connectivity index (χ2n) is 15.0. The summed E-state index contributed by atoms with van der Waals surface area (Å²) in [5.41, 5.74) is 23.5. The lowest BCUT2D eigenvalue weighted by atomic mass is 10.0. The molecule has 0 bridgehead atoms. The van der Waals surface area contributed by atoms with Gasteiger partial charge in [0.15, 0.2) is 0 Å². The van der Waals surface area contributed by atoms with Gasteiger partial charge in [-0.05, 0) is 144 Å². The van der Waals surface area contributed by atoms with E-state index in [9.17, 15) is 0 Å². The number of nitrogen functional groups attached to an aromatic ring is 3. The Balaban J connectivity index is 1.48. The number of hydrogen-bond acceptors (Lipinski definition) is 12. The van der Waals surface area contributed by atoms with Gasteiger partial charge in [0.1, 0.15) is 34.5 Å². The van der Waals surface area contributed by atoms with Gasteiger partial charge in [0.25, 0.3) is 0 Å². The average Bonchev–Trinajstić information content (AvgIpc) is 3.23. The van der Waals surface area contributed by atoms with Gasteiger partial charge in [-0.25, -0.2) is 0 Å². The van der Waals surface area contributed by atoms with Crippen LogP contribution in [0.15, 0.2) is 150 Å². The zero-order valence-electron chi connectivity index (χ0n) is 34.5. The van der Waals surface area contributed by atoms with E-state index in [2.05, 4.69) is 41.5 Å². The summed E-state index contributed by atoms with van der Waals surface area (Å²) in [5.74, 6) is 3.78. The van der Waals surface area contributed by atoms with Crippen molar-refractivity contribution < 1.29 is 27.8 Å². The van der Waals surface area contributed by atoms with Crippen LogP contribution in [0.4, 0.5) is 17.1 Å². The van der Waals surface area contributed by atoms with Crippen molar-refractivity contribution in [3.05, 3.63) is 162 Å². The fraction of sp³-hybridized carbons (Fsp3) is 0.200. The van der Waals surface area contributed by atoms with Crippen molar-refractivity contribution in [1.82, 2.24) is 9.21 Å². The third kappa shape index (κ3) is 10.5. The molecule has 7 rings (SSSR count). The lowest BCUT2D eigenvalue weighted by Gasteiger charge is -2.43. The molecule has 0 amide bonds. The summed E-state index contributed by atoms with van der Waals surface area (Å²) in [5, 5.41) is 0. The molecule has 2 atom stereocenters. The number of rotatable bonds is 15. The maximum absolute atomic E-state index is 7.14. The highest BCUT2D eigenvalue weighted by atomic mass is 31.3. The van der Waals surface area contributed by atoms with Crippen LogP contribution in [-0.2, 0) is 0 Å². The van der Waals surface area contributed by atoms with Crippen LogP contribution in [0, 0.1) is 0 Å². The van der Waals surface area contributed by atoms with E-state index >= 15 is 0 Å². The minimum Gasteiger partial charge on any atom is -0.440 e. The van der Waals surface area contributed by atoms with Crippen LogP contribution < -0.4 is 45.0 Å². The second-order valence-corrected chi connectivity index (χ2v) is 20.5. The van der Waals surface area contributed by atoms with Crippen molar-refractivity contribution in [1.29, 1.82) is 0 Å². The molecular formula is C45H51N6O6P3. The Morgan fingerprint density at radius 3 is 1.17 bits per heavy atom. The van der Waals surface area contributed by atoms with Crippen LogP contribution in [0.3, 0.4) is 0 Å². The molecular weight excluding hydrogens is 813 g/mol. The van der Waals surface area contributed by atoms with Gasteiger partial charge in [-0.2, -0.15) is 0 Å². The topological polar surface area (TPSA) is 152 Å². The maximum atomic E-state index is 7.14. The Bertz CT molecular complexity index is 2310. The molecule has 6 N–H and O–H groups in total. The monoisotopic (exact) mass is 864 g/mol. The summed E-state index contributed by atoms with van der Waals surface area (Å²) in [6.07, 6.45) is 0. The van der Waals surface area contributed by atoms with Gasteiger partial charge in [-0.3, -0.25) is 0 Å². The third-order valence-corrected chi connectivity index (χ3v) is 16.2. The summed E-state index contributed by atoms with van der Waals surface area (Å²) in [4.78, 5) is 13.7. The molecule has 12 nitrogen and oxygen atoms in total. The second kappa shape index (κ2) is 18.8. The van der Waals surface area contributed by atoms with Gasteiger partial charge >= 0.3 is 24.6 Å². The van der Waals surface area contributed by atoms with Crippen LogP contribution in [-0.4, -0.2) is 9.21 Å². The molecule has 312 valence electrons.